The SMILES string of the molecule is Cc1cccc(NC(=O)CBr)c1C. The van der Waals surface area contributed by atoms with Crippen LogP contribution in [-0.2, 0) is 4.79 Å². The number of hydrogen-bond acceptors (Lipinski definition) is 1. The molecular formula is C10H12BrNO. The van der Waals surface area contributed by atoms with Crippen LogP contribution >= 0.6 is 15.9 Å². The molecule has 0 unspecified atom stereocenters. The van der Waals surface area contributed by atoms with Crippen LogP contribution in [0.15, 0.2) is 18.2 Å². The lowest BCUT2D eigenvalue weighted by Gasteiger charge is -2.08. The Morgan fingerprint density at radius 1 is 1.46 bits per heavy atom. The van der Waals surface area contributed by atoms with Gasteiger partial charge < -0.3 is 5.32 Å². The number of carbonyl (C=O) groups is 1. The van der Waals surface area contributed by atoms with Crippen LogP contribution < -0.4 is 5.32 Å². The molecule has 2 nitrogen and oxygen atoms in total. The second-order valence-electron chi connectivity index (χ2n) is 2.93. The second-order valence-corrected chi connectivity index (χ2v) is 3.49. The van der Waals surface area contributed by atoms with E-state index < -0.39 is 0 Å². The van der Waals surface area contributed by atoms with Gasteiger partial charge in [0.05, 0.1) is 5.33 Å². The molecule has 13 heavy (non-hydrogen) atoms. The highest BCUT2D eigenvalue weighted by Crippen LogP contribution is 2.17. The topological polar surface area (TPSA) is 29.1 Å². The van der Waals surface area contributed by atoms with Crippen LogP contribution in [0.4, 0.5) is 5.69 Å². The highest BCUT2D eigenvalue weighted by molar-refractivity contribution is 9.09. The number of alkyl halides is 1. The highest BCUT2D eigenvalue weighted by Gasteiger charge is 2.03. The van der Waals surface area contributed by atoms with Gasteiger partial charge in [-0.2, -0.15) is 0 Å². The van der Waals surface area contributed by atoms with E-state index in [9.17, 15) is 4.79 Å². The first-order valence-corrected chi connectivity index (χ1v) is 5.19. The van der Waals surface area contributed by atoms with E-state index in [-0.39, 0.29) is 5.91 Å². The normalized spacial score (nSPS) is 9.77. The maximum Gasteiger partial charge on any atom is 0.235 e. The molecule has 0 aliphatic carbocycles. The van der Waals surface area contributed by atoms with E-state index in [1.165, 1.54) is 5.56 Å². The van der Waals surface area contributed by atoms with Gasteiger partial charge in [0.15, 0.2) is 0 Å². The molecular weight excluding hydrogens is 230 g/mol. The average molecular weight is 242 g/mol. The molecule has 1 rings (SSSR count). The first-order chi connectivity index (χ1) is 6.15. The van der Waals surface area contributed by atoms with E-state index in [2.05, 4.69) is 21.2 Å². The molecule has 1 N–H and O–H groups in total. The van der Waals surface area contributed by atoms with Gasteiger partial charge in [0.1, 0.15) is 0 Å². The molecule has 0 atom stereocenters. The van der Waals surface area contributed by atoms with Crippen LogP contribution in [0.25, 0.3) is 0 Å². The largest absolute Gasteiger partial charge is 0.325 e. The highest BCUT2D eigenvalue weighted by atomic mass is 79.9. The van der Waals surface area contributed by atoms with Crippen molar-refractivity contribution in [2.45, 2.75) is 13.8 Å². The van der Waals surface area contributed by atoms with Crippen molar-refractivity contribution in [3.05, 3.63) is 29.3 Å². The van der Waals surface area contributed by atoms with E-state index in [1.807, 2.05) is 32.0 Å². The number of benzene rings is 1. The number of rotatable bonds is 2. The van der Waals surface area contributed by atoms with Crippen molar-refractivity contribution in [1.29, 1.82) is 0 Å². The molecule has 0 aromatic heterocycles. The fourth-order valence-electron chi connectivity index (χ4n) is 1.07. The van der Waals surface area contributed by atoms with Gasteiger partial charge in [0.2, 0.25) is 5.91 Å². The molecule has 0 bridgehead atoms. The molecule has 0 spiro atoms. The molecule has 3 heteroatoms. The van der Waals surface area contributed by atoms with Gasteiger partial charge in [0.25, 0.3) is 0 Å². The lowest BCUT2D eigenvalue weighted by Crippen LogP contribution is -2.13. The fourth-order valence-corrected chi connectivity index (χ4v) is 1.21. The number of nitrogens with one attached hydrogen (secondary N) is 1. The fraction of sp³-hybridized carbons (Fsp3) is 0.300. The van der Waals surface area contributed by atoms with Crippen LogP contribution in [0.1, 0.15) is 11.1 Å². The molecule has 1 aromatic carbocycles. The minimum atomic E-state index is -0.0197. The number of amides is 1. The third-order valence-corrected chi connectivity index (χ3v) is 2.51. The van der Waals surface area contributed by atoms with Crippen molar-refractivity contribution < 1.29 is 4.79 Å². The molecule has 0 saturated heterocycles. The van der Waals surface area contributed by atoms with Gasteiger partial charge in [-0.05, 0) is 31.0 Å². The molecule has 0 radical (unpaired) electrons. The van der Waals surface area contributed by atoms with Gasteiger partial charge in [0, 0.05) is 5.69 Å². The Balaban J connectivity index is 2.89. The standard InChI is InChI=1S/C10H12BrNO/c1-7-4-3-5-9(8(7)2)12-10(13)6-11/h3-5H,6H2,1-2H3,(H,12,13). The Labute approximate surface area is 86.5 Å². The van der Waals surface area contributed by atoms with Crippen molar-refractivity contribution in [3.8, 4) is 0 Å². The Hall–Kier alpha value is -0.830. The minimum Gasteiger partial charge on any atom is -0.325 e. The van der Waals surface area contributed by atoms with Crippen LogP contribution in [0, 0.1) is 13.8 Å². The molecule has 0 aliphatic rings. The molecule has 0 saturated carbocycles. The summed E-state index contributed by atoms with van der Waals surface area (Å²) in [6.07, 6.45) is 0. The Kier molecular flexibility index (Phi) is 3.48. The summed E-state index contributed by atoms with van der Waals surface area (Å²) in [7, 11) is 0. The number of halogens is 1. The van der Waals surface area contributed by atoms with Crippen LogP contribution in [0.3, 0.4) is 0 Å². The summed E-state index contributed by atoms with van der Waals surface area (Å²) in [5.41, 5.74) is 3.20. The van der Waals surface area contributed by atoms with Crippen LogP contribution in [0.5, 0.6) is 0 Å². The summed E-state index contributed by atoms with van der Waals surface area (Å²) in [5.74, 6) is -0.0197. The first-order valence-electron chi connectivity index (χ1n) is 4.07. The number of aryl methyl sites for hydroxylation is 1. The predicted octanol–water partition coefficient (Wildman–Crippen LogP) is 2.64. The molecule has 0 fully saturated rings. The van der Waals surface area contributed by atoms with Gasteiger partial charge >= 0.3 is 0 Å². The summed E-state index contributed by atoms with van der Waals surface area (Å²) in [6.45, 7) is 4.03. The molecule has 1 amide bonds. The average Bonchev–Trinajstić information content (AvgIpc) is 2.13. The summed E-state index contributed by atoms with van der Waals surface area (Å²) in [6, 6.07) is 5.87. The lowest BCUT2D eigenvalue weighted by molar-refractivity contribution is -0.113. The first kappa shape index (κ1) is 10.3. The number of hydrogen-bond donors (Lipinski definition) is 1. The zero-order valence-corrected chi connectivity index (χ0v) is 9.31. The van der Waals surface area contributed by atoms with Crippen molar-refractivity contribution in [3.63, 3.8) is 0 Å². The third-order valence-electron chi connectivity index (χ3n) is 2.00. The van der Waals surface area contributed by atoms with Crippen molar-refractivity contribution in [2.75, 3.05) is 10.6 Å². The van der Waals surface area contributed by atoms with E-state index in [1.54, 1.807) is 0 Å². The second kappa shape index (κ2) is 4.42. The van der Waals surface area contributed by atoms with Gasteiger partial charge in [-0.1, -0.05) is 28.1 Å². The predicted molar refractivity (Wildman–Crippen MR) is 58.3 cm³/mol. The van der Waals surface area contributed by atoms with Gasteiger partial charge in [-0.15, -0.1) is 0 Å². The van der Waals surface area contributed by atoms with Gasteiger partial charge in [-0.25, -0.2) is 0 Å². The van der Waals surface area contributed by atoms with Crippen molar-refractivity contribution in [2.24, 2.45) is 0 Å². The van der Waals surface area contributed by atoms with Crippen molar-refractivity contribution in [1.82, 2.24) is 0 Å². The maximum absolute atomic E-state index is 11.1. The summed E-state index contributed by atoms with van der Waals surface area (Å²) in [5, 5.41) is 3.15. The Bertz CT molecular complexity index is 323. The monoisotopic (exact) mass is 241 g/mol. The van der Waals surface area contributed by atoms with E-state index in [4.69, 9.17) is 0 Å². The third kappa shape index (κ3) is 2.56. The summed E-state index contributed by atoms with van der Waals surface area (Å²) < 4.78 is 0. The van der Waals surface area contributed by atoms with Crippen LogP contribution in [0.2, 0.25) is 0 Å². The smallest absolute Gasteiger partial charge is 0.235 e. The summed E-state index contributed by atoms with van der Waals surface area (Å²) in [4.78, 5) is 11.1. The lowest BCUT2D eigenvalue weighted by atomic mass is 10.1. The molecule has 1 aromatic rings. The summed E-state index contributed by atoms with van der Waals surface area (Å²) >= 11 is 3.10. The maximum atomic E-state index is 11.1. The number of anilines is 1. The van der Waals surface area contributed by atoms with E-state index in [0.717, 1.165) is 11.3 Å². The Morgan fingerprint density at radius 3 is 2.77 bits per heavy atom. The van der Waals surface area contributed by atoms with E-state index >= 15 is 0 Å². The van der Waals surface area contributed by atoms with Crippen molar-refractivity contribution >= 4 is 27.5 Å². The minimum absolute atomic E-state index is 0.0197. The Morgan fingerprint density at radius 2 is 2.15 bits per heavy atom. The molecule has 0 aliphatic heterocycles. The van der Waals surface area contributed by atoms with E-state index in [0.29, 0.717) is 5.33 Å². The van der Waals surface area contributed by atoms with Gasteiger partial charge in [-0.3, -0.25) is 4.79 Å². The zero-order chi connectivity index (χ0) is 9.84. The quantitative estimate of drug-likeness (QED) is 0.793. The van der Waals surface area contributed by atoms with Crippen LogP contribution in [-0.4, -0.2) is 11.2 Å². The molecule has 70 valence electrons. The molecule has 0 heterocycles. The zero-order valence-electron chi connectivity index (χ0n) is 7.73. The number of carbonyl (C=O) groups excluding carboxylic acids is 1.